The van der Waals surface area contributed by atoms with E-state index in [9.17, 15) is 8.42 Å². The maximum atomic E-state index is 12.8. The molecule has 1 N–H and O–H groups in total. The molecule has 0 aliphatic carbocycles. The molecule has 0 saturated carbocycles. The van der Waals surface area contributed by atoms with Gasteiger partial charge < -0.3 is 0 Å². The van der Waals surface area contributed by atoms with Crippen LogP contribution in [0.1, 0.15) is 26.7 Å². The summed E-state index contributed by atoms with van der Waals surface area (Å²) in [5.74, 6) is 0. The van der Waals surface area contributed by atoms with Crippen LogP contribution in [0.4, 0.5) is 0 Å². The standard InChI is InChI=1S/C16H20BrNO2S/c1-3-16(2,11-12-17)18-21(19,20)15-10-6-8-13-7-4-5-9-14(13)15/h4-10,18H,3,11-12H2,1-2H3. The minimum absolute atomic E-state index is 0.342. The molecule has 0 saturated heterocycles. The van der Waals surface area contributed by atoms with Crippen molar-refractivity contribution >= 4 is 36.7 Å². The van der Waals surface area contributed by atoms with Crippen molar-refractivity contribution < 1.29 is 8.42 Å². The molecule has 0 heterocycles. The summed E-state index contributed by atoms with van der Waals surface area (Å²) < 4.78 is 28.4. The molecule has 0 amide bonds. The average Bonchev–Trinajstić information content (AvgIpc) is 2.46. The van der Waals surface area contributed by atoms with E-state index in [1.54, 1.807) is 12.1 Å². The predicted octanol–water partition coefficient (Wildman–Crippen LogP) is 4.07. The van der Waals surface area contributed by atoms with Crippen LogP contribution < -0.4 is 4.72 Å². The number of halogens is 1. The summed E-state index contributed by atoms with van der Waals surface area (Å²) in [6.07, 6.45) is 1.48. The first-order valence-corrected chi connectivity index (χ1v) is 9.60. The van der Waals surface area contributed by atoms with Crippen LogP contribution in [-0.2, 0) is 10.0 Å². The summed E-state index contributed by atoms with van der Waals surface area (Å²) in [5.41, 5.74) is -0.445. The lowest BCUT2D eigenvalue weighted by Gasteiger charge is -2.28. The van der Waals surface area contributed by atoms with Gasteiger partial charge >= 0.3 is 0 Å². The highest BCUT2D eigenvalue weighted by Crippen LogP contribution is 2.25. The third kappa shape index (κ3) is 3.65. The molecule has 1 atom stereocenters. The van der Waals surface area contributed by atoms with Crippen LogP contribution in [0.5, 0.6) is 0 Å². The van der Waals surface area contributed by atoms with Crippen LogP contribution in [0.25, 0.3) is 10.8 Å². The SMILES string of the molecule is CCC(C)(CCBr)NS(=O)(=O)c1cccc2ccccc12. The molecule has 0 radical (unpaired) electrons. The number of rotatable bonds is 6. The first-order valence-electron chi connectivity index (χ1n) is 6.99. The molecule has 1 unspecified atom stereocenters. The summed E-state index contributed by atoms with van der Waals surface area (Å²) in [6.45, 7) is 3.94. The maximum Gasteiger partial charge on any atom is 0.241 e. The van der Waals surface area contributed by atoms with Gasteiger partial charge in [0.05, 0.1) is 4.90 Å². The van der Waals surface area contributed by atoms with Crippen LogP contribution >= 0.6 is 15.9 Å². The number of benzene rings is 2. The second-order valence-electron chi connectivity index (χ2n) is 5.44. The van der Waals surface area contributed by atoms with E-state index < -0.39 is 15.6 Å². The molecule has 114 valence electrons. The van der Waals surface area contributed by atoms with E-state index >= 15 is 0 Å². The average molecular weight is 370 g/mol. The normalized spacial score (nSPS) is 15.0. The van der Waals surface area contributed by atoms with Crippen LogP contribution in [0.3, 0.4) is 0 Å². The topological polar surface area (TPSA) is 46.2 Å². The molecular weight excluding hydrogens is 350 g/mol. The zero-order valence-corrected chi connectivity index (χ0v) is 14.7. The third-order valence-corrected chi connectivity index (χ3v) is 5.94. The molecule has 2 aromatic carbocycles. The van der Waals surface area contributed by atoms with Crippen LogP contribution in [0.15, 0.2) is 47.4 Å². The van der Waals surface area contributed by atoms with E-state index in [0.29, 0.717) is 4.90 Å². The Morgan fingerprint density at radius 1 is 1.14 bits per heavy atom. The van der Waals surface area contributed by atoms with Gasteiger partial charge in [0, 0.05) is 16.3 Å². The fraction of sp³-hybridized carbons (Fsp3) is 0.375. The Kier molecular flexibility index (Phi) is 5.07. The van der Waals surface area contributed by atoms with Gasteiger partial charge in [-0.2, -0.15) is 0 Å². The monoisotopic (exact) mass is 369 g/mol. The molecule has 5 heteroatoms. The van der Waals surface area contributed by atoms with Gasteiger partial charge in [0.1, 0.15) is 0 Å². The van der Waals surface area contributed by atoms with Gasteiger partial charge in [-0.1, -0.05) is 59.3 Å². The molecule has 0 spiro atoms. The van der Waals surface area contributed by atoms with Crippen molar-refractivity contribution in [3.05, 3.63) is 42.5 Å². The highest BCUT2D eigenvalue weighted by atomic mass is 79.9. The molecule has 21 heavy (non-hydrogen) atoms. The van der Waals surface area contributed by atoms with Crippen LogP contribution in [0, 0.1) is 0 Å². The van der Waals surface area contributed by atoms with Gasteiger partial charge in [0.25, 0.3) is 0 Å². The van der Waals surface area contributed by atoms with Gasteiger partial charge in [0.15, 0.2) is 0 Å². The first kappa shape index (κ1) is 16.5. The molecule has 2 rings (SSSR count). The predicted molar refractivity (Wildman–Crippen MR) is 91.4 cm³/mol. The zero-order valence-electron chi connectivity index (χ0n) is 12.3. The highest BCUT2D eigenvalue weighted by molar-refractivity contribution is 9.09. The van der Waals surface area contributed by atoms with Crippen molar-refractivity contribution in [2.75, 3.05) is 5.33 Å². The molecule has 0 bridgehead atoms. The highest BCUT2D eigenvalue weighted by Gasteiger charge is 2.29. The number of hydrogen-bond acceptors (Lipinski definition) is 2. The second-order valence-corrected chi connectivity index (χ2v) is 7.88. The summed E-state index contributed by atoms with van der Waals surface area (Å²) in [4.78, 5) is 0.342. The Balaban J connectivity index is 2.47. The minimum atomic E-state index is -3.55. The number of sulfonamides is 1. The van der Waals surface area contributed by atoms with Gasteiger partial charge in [-0.25, -0.2) is 13.1 Å². The quantitative estimate of drug-likeness (QED) is 0.779. The Labute approximate surface area is 134 Å². The van der Waals surface area contributed by atoms with E-state index in [0.717, 1.165) is 28.9 Å². The van der Waals surface area contributed by atoms with Crippen molar-refractivity contribution in [1.82, 2.24) is 4.72 Å². The van der Waals surface area contributed by atoms with Crippen molar-refractivity contribution in [3.8, 4) is 0 Å². The van der Waals surface area contributed by atoms with Crippen molar-refractivity contribution in [2.24, 2.45) is 0 Å². The van der Waals surface area contributed by atoms with Crippen molar-refractivity contribution in [1.29, 1.82) is 0 Å². The smallest absolute Gasteiger partial charge is 0.207 e. The number of hydrogen-bond donors (Lipinski definition) is 1. The lowest BCUT2D eigenvalue weighted by molar-refractivity contribution is 0.392. The number of alkyl halides is 1. The van der Waals surface area contributed by atoms with Gasteiger partial charge in [-0.3, -0.25) is 0 Å². The van der Waals surface area contributed by atoms with E-state index in [2.05, 4.69) is 20.7 Å². The van der Waals surface area contributed by atoms with Crippen LogP contribution in [-0.4, -0.2) is 19.3 Å². The molecule has 0 aliphatic rings. The second kappa shape index (κ2) is 6.46. The summed E-state index contributed by atoms with van der Waals surface area (Å²) in [6, 6.07) is 12.9. The van der Waals surface area contributed by atoms with E-state index in [4.69, 9.17) is 0 Å². The fourth-order valence-electron chi connectivity index (χ4n) is 2.32. The lowest BCUT2D eigenvalue weighted by Crippen LogP contribution is -2.45. The third-order valence-electron chi connectivity index (χ3n) is 3.85. The molecular formula is C16H20BrNO2S. The molecule has 3 nitrogen and oxygen atoms in total. The van der Waals surface area contributed by atoms with Crippen molar-refractivity contribution in [3.63, 3.8) is 0 Å². The molecule has 0 aliphatic heterocycles. The summed E-state index contributed by atoms with van der Waals surface area (Å²) in [7, 11) is -3.55. The molecule has 0 fully saturated rings. The van der Waals surface area contributed by atoms with Crippen molar-refractivity contribution in [2.45, 2.75) is 37.1 Å². The minimum Gasteiger partial charge on any atom is -0.207 e. The number of fused-ring (bicyclic) bond motifs is 1. The van der Waals surface area contributed by atoms with Crippen LogP contribution in [0.2, 0.25) is 0 Å². The van der Waals surface area contributed by atoms with E-state index in [1.165, 1.54) is 0 Å². The van der Waals surface area contributed by atoms with Gasteiger partial charge in [-0.05, 0) is 31.2 Å². The van der Waals surface area contributed by atoms with E-state index in [1.807, 2.05) is 44.2 Å². The zero-order chi connectivity index (χ0) is 15.5. The Bertz CT molecular complexity index is 725. The maximum absolute atomic E-state index is 12.8. The molecule has 0 aromatic heterocycles. The largest absolute Gasteiger partial charge is 0.241 e. The summed E-state index contributed by atoms with van der Waals surface area (Å²) >= 11 is 3.39. The fourth-order valence-corrected chi connectivity index (χ4v) is 4.93. The Morgan fingerprint density at radius 3 is 2.48 bits per heavy atom. The van der Waals surface area contributed by atoms with Gasteiger partial charge in [0.2, 0.25) is 10.0 Å². The first-order chi connectivity index (χ1) is 9.92. The molecule has 2 aromatic rings. The van der Waals surface area contributed by atoms with E-state index in [-0.39, 0.29) is 0 Å². The lowest BCUT2D eigenvalue weighted by atomic mass is 9.98. The Morgan fingerprint density at radius 2 is 1.81 bits per heavy atom. The number of nitrogens with one attached hydrogen (secondary N) is 1. The van der Waals surface area contributed by atoms with Gasteiger partial charge in [-0.15, -0.1) is 0 Å². The Hall–Kier alpha value is -0.910. The summed E-state index contributed by atoms with van der Waals surface area (Å²) in [5, 5.41) is 2.44.